The maximum Gasteiger partial charge on any atom is 0.345 e. The Morgan fingerprint density at radius 2 is 1.89 bits per heavy atom. The number of nitro groups is 1. The number of nitrogens with zero attached hydrogens (tertiary/aromatic N) is 4. The van der Waals surface area contributed by atoms with Crippen molar-refractivity contribution in [3.63, 3.8) is 0 Å². The van der Waals surface area contributed by atoms with E-state index in [9.17, 15) is 23.3 Å². The largest absolute Gasteiger partial charge is 0.462 e. The van der Waals surface area contributed by atoms with E-state index in [4.69, 9.17) is 4.74 Å². The van der Waals surface area contributed by atoms with Gasteiger partial charge in [-0.1, -0.05) is 0 Å². The van der Waals surface area contributed by atoms with Crippen LogP contribution in [0, 0.1) is 17.0 Å². The third-order valence-electron chi connectivity index (χ3n) is 4.69. The van der Waals surface area contributed by atoms with Gasteiger partial charge in [-0.3, -0.25) is 14.8 Å². The van der Waals surface area contributed by atoms with Gasteiger partial charge in [0.05, 0.1) is 22.1 Å². The van der Waals surface area contributed by atoms with E-state index < -0.39 is 20.9 Å². The Bertz CT molecular complexity index is 1540. The molecule has 0 aliphatic heterocycles. The molecule has 14 heteroatoms. The van der Waals surface area contributed by atoms with Crippen LogP contribution in [-0.4, -0.2) is 40.9 Å². The topological polar surface area (TPSA) is 166 Å². The molecule has 0 saturated carbocycles. The molecule has 4 aromatic rings. The third kappa shape index (κ3) is 5.17. The van der Waals surface area contributed by atoms with Gasteiger partial charge < -0.3 is 10.1 Å². The predicted molar refractivity (Wildman–Crippen MR) is 130 cm³/mol. The molecule has 3 heterocycles. The van der Waals surface area contributed by atoms with Crippen LogP contribution in [0.4, 0.5) is 21.5 Å². The molecule has 0 radical (unpaired) electrons. The quantitative estimate of drug-likeness (QED) is 0.199. The molecule has 0 atom stereocenters. The SMILES string of the molecule is CCOC(=O)c1cnc2nc(C)ccc2c1Nc1ccc(S(=O)(=O)Nc2ncc([N+](=O)[O-])s2)cc1. The van der Waals surface area contributed by atoms with Crippen molar-refractivity contribution >= 4 is 59.9 Å². The summed E-state index contributed by atoms with van der Waals surface area (Å²) >= 11 is 0.609. The summed E-state index contributed by atoms with van der Waals surface area (Å²) in [5, 5.41) is 14.1. The summed E-state index contributed by atoms with van der Waals surface area (Å²) in [6, 6.07) is 9.30. The van der Waals surface area contributed by atoms with Crippen LogP contribution in [0.2, 0.25) is 0 Å². The Hall–Kier alpha value is -4.17. The lowest BCUT2D eigenvalue weighted by Crippen LogP contribution is -2.13. The summed E-state index contributed by atoms with van der Waals surface area (Å²) < 4.78 is 32.7. The maximum atomic E-state index is 12.7. The van der Waals surface area contributed by atoms with E-state index >= 15 is 0 Å². The van der Waals surface area contributed by atoms with Gasteiger partial charge >= 0.3 is 11.0 Å². The molecule has 1 aromatic carbocycles. The molecule has 0 fully saturated rings. The number of rotatable bonds is 8. The van der Waals surface area contributed by atoms with E-state index in [0.717, 1.165) is 11.9 Å². The predicted octanol–water partition coefficient (Wildman–Crippen LogP) is 4.02. The standard InChI is InChI=1S/C21H18N6O6S2/c1-3-33-20(28)16-10-22-19-15(9-4-12(2)24-19)18(16)25-13-5-7-14(8-6-13)35(31,32)26-21-23-11-17(34-21)27(29)30/h4-11H,3H2,1-2H3,(H,23,26)(H,22,24,25). The van der Waals surface area contributed by atoms with Crippen molar-refractivity contribution in [1.29, 1.82) is 0 Å². The number of nitrogens with one attached hydrogen (secondary N) is 2. The van der Waals surface area contributed by atoms with E-state index in [-0.39, 0.29) is 27.2 Å². The average molecular weight is 515 g/mol. The Labute approximate surface area is 203 Å². The first kappa shape index (κ1) is 24.0. The van der Waals surface area contributed by atoms with Gasteiger partial charge in [0.15, 0.2) is 5.65 Å². The van der Waals surface area contributed by atoms with Gasteiger partial charge in [0.2, 0.25) is 5.13 Å². The number of benzene rings is 1. The van der Waals surface area contributed by atoms with Crippen molar-refractivity contribution in [3.05, 3.63) is 70.2 Å². The Morgan fingerprint density at radius 1 is 1.14 bits per heavy atom. The minimum Gasteiger partial charge on any atom is -0.462 e. The second-order valence-electron chi connectivity index (χ2n) is 7.11. The van der Waals surface area contributed by atoms with Gasteiger partial charge in [-0.15, -0.1) is 0 Å². The number of pyridine rings is 2. The smallest absolute Gasteiger partial charge is 0.345 e. The molecular weight excluding hydrogens is 496 g/mol. The summed E-state index contributed by atoms with van der Waals surface area (Å²) in [5.74, 6) is -0.564. The fourth-order valence-electron chi connectivity index (χ4n) is 3.10. The molecule has 3 aromatic heterocycles. The van der Waals surface area contributed by atoms with Crippen molar-refractivity contribution in [2.24, 2.45) is 0 Å². The number of anilines is 3. The summed E-state index contributed by atoms with van der Waals surface area (Å²) in [6.07, 6.45) is 2.36. The second-order valence-corrected chi connectivity index (χ2v) is 9.80. The molecule has 12 nitrogen and oxygen atoms in total. The number of thiazole rings is 1. The highest BCUT2D eigenvalue weighted by Crippen LogP contribution is 2.31. The minimum atomic E-state index is -4.03. The van der Waals surface area contributed by atoms with Crippen LogP contribution in [0.25, 0.3) is 11.0 Å². The van der Waals surface area contributed by atoms with Crippen molar-refractivity contribution < 1.29 is 22.9 Å². The van der Waals surface area contributed by atoms with Crippen LogP contribution in [-0.2, 0) is 14.8 Å². The van der Waals surface area contributed by atoms with Gasteiger partial charge in [-0.2, -0.15) is 0 Å². The molecular formula is C21H18N6O6S2. The van der Waals surface area contributed by atoms with Gasteiger partial charge in [-0.05, 0) is 61.6 Å². The summed E-state index contributed by atoms with van der Waals surface area (Å²) in [5.41, 5.74) is 2.31. The highest BCUT2D eigenvalue weighted by molar-refractivity contribution is 7.93. The normalized spacial score (nSPS) is 11.3. The van der Waals surface area contributed by atoms with Crippen LogP contribution in [0.3, 0.4) is 0 Å². The van der Waals surface area contributed by atoms with E-state index in [0.29, 0.717) is 33.7 Å². The molecule has 0 aliphatic rings. The van der Waals surface area contributed by atoms with Crippen molar-refractivity contribution in [3.8, 4) is 0 Å². The Balaban J connectivity index is 1.63. The van der Waals surface area contributed by atoms with E-state index in [1.807, 2.05) is 6.92 Å². The monoisotopic (exact) mass is 514 g/mol. The zero-order valence-corrected chi connectivity index (χ0v) is 20.0. The number of carbonyl (C=O) groups excluding carboxylic acids is 1. The van der Waals surface area contributed by atoms with E-state index in [2.05, 4.69) is 25.0 Å². The number of carbonyl (C=O) groups is 1. The van der Waals surface area contributed by atoms with E-state index in [1.54, 1.807) is 19.1 Å². The molecule has 2 N–H and O–H groups in total. The first-order valence-corrected chi connectivity index (χ1v) is 12.4. The lowest BCUT2D eigenvalue weighted by atomic mass is 10.1. The van der Waals surface area contributed by atoms with Crippen LogP contribution in [0.5, 0.6) is 0 Å². The van der Waals surface area contributed by atoms with Crippen LogP contribution in [0.15, 0.2) is 53.7 Å². The number of hydrogen-bond donors (Lipinski definition) is 2. The highest BCUT2D eigenvalue weighted by Gasteiger charge is 2.20. The summed E-state index contributed by atoms with van der Waals surface area (Å²) in [6.45, 7) is 3.70. The fourth-order valence-corrected chi connectivity index (χ4v) is 4.98. The number of sulfonamides is 1. The van der Waals surface area contributed by atoms with Gasteiger partial charge in [0.1, 0.15) is 11.8 Å². The summed E-state index contributed by atoms with van der Waals surface area (Å²) in [7, 11) is -4.03. The van der Waals surface area contributed by atoms with E-state index in [1.165, 1.54) is 30.5 Å². The average Bonchev–Trinajstić information content (AvgIpc) is 3.27. The van der Waals surface area contributed by atoms with Gasteiger partial charge in [0, 0.05) is 23.0 Å². The molecule has 0 bridgehead atoms. The zero-order chi connectivity index (χ0) is 25.2. The minimum absolute atomic E-state index is 0.0802. The van der Waals surface area contributed by atoms with Crippen LogP contribution < -0.4 is 10.0 Å². The van der Waals surface area contributed by atoms with Crippen molar-refractivity contribution in [1.82, 2.24) is 15.0 Å². The lowest BCUT2D eigenvalue weighted by Gasteiger charge is -2.14. The Morgan fingerprint density at radius 3 is 2.54 bits per heavy atom. The number of aryl methyl sites for hydroxylation is 1. The Kier molecular flexibility index (Phi) is 6.57. The number of esters is 1. The highest BCUT2D eigenvalue weighted by atomic mass is 32.2. The molecule has 4 rings (SSSR count). The molecule has 35 heavy (non-hydrogen) atoms. The first-order valence-electron chi connectivity index (χ1n) is 10.1. The number of ether oxygens (including phenoxy) is 1. The lowest BCUT2D eigenvalue weighted by molar-refractivity contribution is -0.380. The molecule has 0 aliphatic carbocycles. The molecule has 0 spiro atoms. The van der Waals surface area contributed by atoms with Gasteiger partial charge in [-0.25, -0.2) is 28.2 Å². The van der Waals surface area contributed by atoms with Crippen molar-refractivity contribution in [2.45, 2.75) is 18.7 Å². The number of hydrogen-bond acceptors (Lipinski definition) is 11. The van der Waals surface area contributed by atoms with Crippen molar-refractivity contribution in [2.75, 3.05) is 16.6 Å². The third-order valence-corrected chi connectivity index (χ3v) is 7.04. The fraction of sp³-hybridized carbons (Fsp3) is 0.143. The number of fused-ring (bicyclic) bond motifs is 1. The molecule has 0 unspecified atom stereocenters. The zero-order valence-electron chi connectivity index (χ0n) is 18.4. The second kappa shape index (κ2) is 9.60. The van der Waals surface area contributed by atoms with Crippen LogP contribution in [0.1, 0.15) is 23.0 Å². The van der Waals surface area contributed by atoms with Gasteiger partial charge in [0.25, 0.3) is 10.0 Å². The molecule has 0 amide bonds. The van der Waals surface area contributed by atoms with Crippen LogP contribution >= 0.6 is 11.3 Å². The molecule has 0 saturated heterocycles. The molecule has 180 valence electrons. The summed E-state index contributed by atoms with van der Waals surface area (Å²) in [4.78, 5) is 34.9. The first-order chi connectivity index (χ1) is 16.7. The maximum absolute atomic E-state index is 12.7. The number of aromatic nitrogens is 3.